The zero-order chi connectivity index (χ0) is 10.6. The van der Waals surface area contributed by atoms with Crippen molar-refractivity contribution in [2.24, 2.45) is 23.4 Å². The number of rotatable bonds is 4. The minimum absolute atomic E-state index is 0.356. The Bertz CT molecular complexity index is 183. The minimum atomic E-state index is 0.356. The summed E-state index contributed by atoms with van der Waals surface area (Å²) in [7, 11) is 0. The van der Waals surface area contributed by atoms with Gasteiger partial charge in [-0.05, 0) is 18.8 Å². The lowest BCUT2D eigenvalue weighted by Crippen LogP contribution is -2.35. The van der Waals surface area contributed by atoms with Gasteiger partial charge in [-0.3, -0.25) is 0 Å². The number of hydrogen-bond acceptors (Lipinski definition) is 3. The first kappa shape index (κ1) is 12.3. The standard InChI is InChI=1S/C10H23N3/c1-6-13(12)10(8(4)5)9(11)7(2)3/h7-8H,6,11-12H2,1-5H3/b10-9-. The first-order valence-corrected chi connectivity index (χ1v) is 4.93. The van der Waals surface area contributed by atoms with E-state index in [1.54, 1.807) is 5.01 Å². The van der Waals surface area contributed by atoms with Gasteiger partial charge in [0.1, 0.15) is 0 Å². The zero-order valence-corrected chi connectivity index (χ0v) is 9.46. The van der Waals surface area contributed by atoms with Crippen LogP contribution in [0.2, 0.25) is 0 Å². The van der Waals surface area contributed by atoms with Crippen LogP contribution in [0.4, 0.5) is 0 Å². The lowest BCUT2D eigenvalue weighted by molar-refractivity contribution is 0.330. The molecule has 0 aromatic rings. The molecule has 4 N–H and O–H groups in total. The van der Waals surface area contributed by atoms with Crippen molar-refractivity contribution in [2.45, 2.75) is 34.6 Å². The largest absolute Gasteiger partial charge is 0.400 e. The van der Waals surface area contributed by atoms with Crippen LogP contribution in [0.1, 0.15) is 34.6 Å². The van der Waals surface area contributed by atoms with Crippen LogP contribution in [0.15, 0.2) is 11.4 Å². The summed E-state index contributed by atoms with van der Waals surface area (Å²) in [5, 5.41) is 1.74. The molecule has 0 aromatic heterocycles. The third-order valence-electron chi connectivity index (χ3n) is 2.11. The summed E-state index contributed by atoms with van der Waals surface area (Å²) >= 11 is 0. The lowest BCUT2D eigenvalue weighted by atomic mass is 10.0. The van der Waals surface area contributed by atoms with Gasteiger partial charge in [0.05, 0.1) is 5.70 Å². The van der Waals surface area contributed by atoms with E-state index < -0.39 is 0 Å². The van der Waals surface area contributed by atoms with Gasteiger partial charge in [0, 0.05) is 12.2 Å². The van der Waals surface area contributed by atoms with Crippen molar-refractivity contribution in [3.63, 3.8) is 0 Å². The maximum atomic E-state index is 6.00. The number of hydrazine groups is 1. The van der Waals surface area contributed by atoms with Crippen molar-refractivity contribution in [3.05, 3.63) is 11.4 Å². The number of nitrogens with zero attached hydrogens (tertiary/aromatic N) is 1. The van der Waals surface area contributed by atoms with Crippen LogP contribution in [-0.4, -0.2) is 11.6 Å². The summed E-state index contributed by atoms with van der Waals surface area (Å²) in [4.78, 5) is 0. The average Bonchev–Trinajstić information content (AvgIpc) is 2.03. The monoisotopic (exact) mass is 185 g/mol. The van der Waals surface area contributed by atoms with Gasteiger partial charge < -0.3 is 10.7 Å². The van der Waals surface area contributed by atoms with E-state index in [0.29, 0.717) is 11.8 Å². The van der Waals surface area contributed by atoms with Gasteiger partial charge in [-0.1, -0.05) is 27.7 Å². The van der Waals surface area contributed by atoms with Crippen molar-refractivity contribution < 1.29 is 0 Å². The molecule has 0 heterocycles. The average molecular weight is 185 g/mol. The van der Waals surface area contributed by atoms with Crippen LogP contribution < -0.4 is 11.6 Å². The van der Waals surface area contributed by atoms with Crippen molar-refractivity contribution in [1.29, 1.82) is 0 Å². The maximum Gasteiger partial charge on any atom is 0.0506 e. The second kappa shape index (κ2) is 5.12. The highest BCUT2D eigenvalue weighted by atomic mass is 15.4. The molecule has 0 bridgehead atoms. The Morgan fingerprint density at radius 3 is 1.85 bits per heavy atom. The normalized spacial score (nSPS) is 13.5. The van der Waals surface area contributed by atoms with Gasteiger partial charge in [-0.2, -0.15) is 0 Å². The second-order valence-corrected chi connectivity index (χ2v) is 3.94. The molecule has 13 heavy (non-hydrogen) atoms. The molecule has 78 valence electrons. The molecular formula is C10H23N3. The summed E-state index contributed by atoms with van der Waals surface area (Å²) in [6.45, 7) is 11.2. The Morgan fingerprint density at radius 1 is 1.15 bits per heavy atom. The van der Waals surface area contributed by atoms with Gasteiger partial charge in [0.15, 0.2) is 0 Å². The Labute approximate surface area is 81.7 Å². The fourth-order valence-electron chi connectivity index (χ4n) is 1.30. The summed E-state index contributed by atoms with van der Waals surface area (Å²) in [6, 6.07) is 0. The molecule has 0 spiro atoms. The first-order chi connectivity index (χ1) is 5.91. The van der Waals surface area contributed by atoms with Crippen LogP contribution in [-0.2, 0) is 0 Å². The molecule has 0 atom stereocenters. The van der Waals surface area contributed by atoms with Crippen molar-refractivity contribution >= 4 is 0 Å². The number of allylic oxidation sites excluding steroid dienone is 2. The summed E-state index contributed by atoms with van der Waals surface area (Å²) < 4.78 is 0. The van der Waals surface area contributed by atoms with E-state index in [0.717, 1.165) is 17.9 Å². The molecule has 0 fully saturated rings. The molecule has 0 unspecified atom stereocenters. The van der Waals surface area contributed by atoms with E-state index in [2.05, 4.69) is 27.7 Å². The van der Waals surface area contributed by atoms with Crippen LogP contribution >= 0.6 is 0 Å². The molecule has 0 amide bonds. The summed E-state index contributed by atoms with van der Waals surface area (Å²) in [6.07, 6.45) is 0. The topological polar surface area (TPSA) is 55.3 Å². The van der Waals surface area contributed by atoms with Crippen molar-refractivity contribution in [2.75, 3.05) is 6.54 Å². The van der Waals surface area contributed by atoms with E-state index in [9.17, 15) is 0 Å². The van der Waals surface area contributed by atoms with E-state index >= 15 is 0 Å². The van der Waals surface area contributed by atoms with Crippen LogP contribution in [0, 0.1) is 11.8 Å². The summed E-state index contributed by atoms with van der Waals surface area (Å²) in [5.41, 5.74) is 7.97. The Morgan fingerprint density at radius 2 is 1.62 bits per heavy atom. The smallest absolute Gasteiger partial charge is 0.0506 e. The predicted molar refractivity (Wildman–Crippen MR) is 57.5 cm³/mol. The molecule has 3 heteroatoms. The van der Waals surface area contributed by atoms with E-state index in [1.165, 1.54) is 0 Å². The number of hydrogen-bond donors (Lipinski definition) is 2. The highest BCUT2D eigenvalue weighted by Crippen LogP contribution is 2.18. The second-order valence-electron chi connectivity index (χ2n) is 3.94. The molecule has 0 aromatic carbocycles. The third kappa shape index (κ3) is 3.27. The highest BCUT2D eigenvalue weighted by Gasteiger charge is 2.14. The molecule has 0 aliphatic rings. The molecule has 0 radical (unpaired) electrons. The quantitative estimate of drug-likeness (QED) is 0.517. The maximum absolute atomic E-state index is 6.00. The van der Waals surface area contributed by atoms with Crippen molar-refractivity contribution in [3.8, 4) is 0 Å². The Hall–Kier alpha value is -0.700. The van der Waals surface area contributed by atoms with Gasteiger partial charge in [0.25, 0.3) is 0 Å². The Kier molecular flexibility index (Phi) is 4.85. The van der Waals surface area contributed by atoms with E-state index in [1.807, 2.05) is 6.92 Å². The number of nitrogens with two attached hydrogens (primary N) is 2. The highest BCUT2D eigenvalue weighted by molar-refractivity contribution is 5.13. The SMILES string of the molecule is CCN(N)/C(=C(\N)C(C)C)C(C)C. The Balaban J connectivity index is 4.88. The van der Waals surface area contributed by atoms with E-state index in [4.69, 9.17) is 11.6 Å². The zero-order valence-electron chi connectivity index (χ0n) is 9.46. The van der Waals surface area contributed by atoms with E-state index in [-0.39, 0.29) is 0 Å². The van der Waals surface area contributed by atoms with Crippen LogP contribution in [0.3, 0.4) is 0 Å². The lowest BCUT2D eigenvalue weighted by Gasteiger charge is -2.26. The molecule has 0 rings (SSSR count). The molecule has 0 saturated carbocycles. The van der Waals surface area contributed by atoms with Crippen LogP contribution in [0.5, 0.6) is 0 Å². The van der Waals surface area contributed by atoms with Gasteiger partial charge in [-0.15, -0.1) is 0 Å². The van der Waals surface area contributed by atoms with Crippen molar-refractivity contribution in [1.82, 2.24) is 5.01 Å². The molecular weight excluding hydrogens is 162 g/mol. The molecule has 3 nitrogen and oxygen atoms in total. The molecule has 0 aliphatic heterocycles. The fraction of sp³-hybridized carbons (Fsp3) is 0.800. The van der Waals surface area contributed by atoms with Gasteiger partial charge >= 0.3 is 0 Å². The molecule has 0 aliphatic carbocycles. The van der Waals surface area contributed by atoms with Gasteiger partial charge in [0.2, 0.25) is 0 Å². The third-order valence-corrected chi connectivity index (χ3v) is 2.11. The first-order valence-electron chi connectivity index (χ1n) is 4.93. The van der Waals surface area contributed by atoms with Gasteiger partial charge in [-0.25, -0.2) is 5.84 Å². The fourth-order valence-corrected chi connectivity index (χ4v) is 1.30. The molecule has 0 saturated heterocycles. The summed E-state index contributed by atoms with van der Waals surface area (Å²) in [5.74, 6) is 6.59. The van der Waals surface area contributed by atoms with Crippen LogP contribution in [0.25, 0.3) is 0 Å². The predicted octanol–water partition coefficient (Wildman–Crippen LogP) is 1.66. The minimum Gasteiger partial charge on any atom is -0.400 e.